The minimum absolute atomic E-state index is 0.220. The summed E-state index contributed by atoms with van der Waals surface area (Å²) in [5.74, 6) is 0.454. The van der Waals surface area contributed by atoms with Gasteiger partial charge in [0, 0.05) is 12.1 Å². The first kappa shape index (κ1) is 9.73. The molecule has 1 rings (SSSR count). The van der Waals surface area contributed by atoms with Crippen LogP contribution >= 0.6 is 0 Å². The fourth-order valence-corrected chi connectivity index (χ4v) is 0.838. The summed E-state index contributed by atoms with van der Waals surface area (Å²) < 4.78 is 5.24. The Morgan fingerprint density at radius 1 is 1.62 bits per heavy atom. The van der Waals surface area contributed by atoms with E-state index in [1.807, 2.05) is 7.05 Å². The Morgan fingerprint density at radius 2 is 2.46 bits per heavy atom. The summed E-state index contributed by atoms with van der Waals surface area (Å²) in [6.07, 6.45) is 0.914. The minimum atomic E-state index is -0.220. The molecule has 0 amide bonds. The molecule has 0 unspecified atom stereocenters. The van der Waals surface area contributed by atoms with E-state index in [-0.39, 0.29) is 5.56 Å². The van der Waals surface area contributed by atoms with E-state index in [0.29, 0.717) is 12.5 Å². The number of aromatic amines is 1. The van der Waals surface area contributed by atoms with E-state index in [4.69, 9.17) is 4.74 Å². The molecule has 0 fully saturated rings. The average molecular weight is 183 g/mol. The van der Waals surface area contributed by atoms with Gasteiger partial charge >= 0.3 is 0 Å². The third kappa shape index (κ3) is 3.71. The van der Waals surface area contributed by atoms with Crippen molar-refractivity contribution in [3.05, 3.63) is 22.5 Å². The number of nitrogens with zero attached hydrogens (tertiary/aromatic N) is 1. The monoisotopic (exact) mass is 183 g/mol. The fourth-order valence-electron chi connectivity index (χ4n) is 0.838. The first-order chi connectivity index (χ1) is 6.33. The first-order valence-electron chi connectivity index (χ1n) is 4.16. The van der Waals surface area contributed by atoms with Crippen molar-refractivity contribution in [3.63, 3.8) is 0 Å². The van der Waals surface area contributed by atoms with Gasteiger partial charge in [0.15, 0.2) is 0 Å². The Balaban J connectivity index is 2.29. The SMILES string of the molecule is CNCCCOc1ccc(=O)[nH]n1. The van der Waals surface area contributed by atoms with Crippen molar-refractivity contribution in [3.8, 4) is 5.88 Å². The Labute approximate surface area is 76.1 Å². The van der Waals surface area contributed by atoms with Crippen molar-refractivity contribution in [1.29, 1.82) is 0 Å². The molecule has 0 atom stereocenters. The van der Waals surface area contributed by atoms with Gasteiger partial charge in [0.2, 0.25) is 5.88 Å². The molecular formula is C8H13N3O2. The van der Waals surface area contributed by atoms with Gasteiger partial charge in [-0.2, -0.15) is 0 Å². The summed E-state index contributed by atoms with van der Waals surface area (Å²) in [5, 5.41) is 9.00. The zero-order valence-electron chi connectivity index (χ0n) is 7.54. The van der Waals surface area contributed by atoms with Crippen LogP contribution in [-0.2, 0) is 0 Å². The van der Waals surface area contributed by atoms with E-state index in [0.717, 1.165) is 13.0 Å². The lowest BCUT2D eigenvalue weighted by molar-refractivity contribution is 0.294. The number of H-pyrrole nitrogens is 1. The highest BCUT2D eigenvalue weighted by Gasteiger charge is 1.93. The van der Waals surface area contributed by atoms with Crippen LogP contribution in [0.4, 0.5) is 0 Å². The highest BCUT2D eigenvalue weighted by Crippen LogP contribution is 1.99. The van der Waals surface area contributed by atoms with Crippen molar-refractivity contribution in [2.75, 3.05) is 20.2 Å². The predicted octanol–water partition coefficient (Wildman–Crippen LogP) is -0.242. The molecule has 0 spiro atoms. The van der Waals surface area contributed by atoms with E-state index in [1.54, 1.807) is 6.07 Å². The summed E-state index contributed by atoms with van der Waals surface area (Å²) in [6.45, 7) is 1.50. The maximum absolute atomic E-state index is 10.6. The molecule has 0 aromatic carbocycles. The summed E-state index contributed by atoms with van der Waals surface area (Å²) in [5.41, 5.74) is -0.220. The summed E-state index contributed by atoms with van der Waals surface area (Å²) in [6, 6.07) is 2.94. The Morgan fingerprint density at radius 3 is 3.08 bits per heavy atom. The fraction of sp³-hybridized carbons (Fsp3) is 0.500. The average Bonchev–Trinajstić information content (AvgIpc) is 2.15. The number of hydrogen-bond acceptors (Lipinski definition) is 4. The minimum Gasteiger partial charge on any atom is -0.477 e. The lowest BCUT2D eigenvalue weighted by Gasteiger charge is -2.02. The first-order valence-corrected chi connectivity index (χ1v) is 4.16. The zero-order chi connectivity index (χ0) is 9.52. The number of nitrogens with one attached hydrogen (secondary N) is 2. The second kappa shape index (κ2) is 5.31. The van der Waals surface area contributed by atoms with Crippen LogP contribution in [0.25, 0.3) is 0 Å². The van der Waals surface area contributed by atoms with E-state index >= 15 is 0 Å². The van der Waals surface area contributed by atoms with Crippen LogP contribution in [0.2, 0.25) is 0 Å². The number of rotatable bonds is 5. The summed E-state index contributed by atoms with van der Waals surface area (Å²) >= 11 is 0. The van der Waals surface area contributed by atoms with Gasteiger partial charge in [-0.05, 0) is 20.0 Å². The quantitative estimate of drug-likeness (QED) is 0.618. The molecule has 5 heteroatoms. The highest BCUT2D eigenvalue weighted by atomic mass is 16.5. The topological polar surface area (TPSA) is 67.0 Å². The number of ether oxygens (including phenoxy) is 1. The van der Waals surface area contributed by atoms with Crippen molar-refractivity contribution in [2.24, 2.45) is 0 Å². The van der Waals surface area contributed by atoms with E-state index < -0.39 is 0 Å². The third-order valence-electron chi connectivity index (χ3n) is 1.47. The second-order valence-electron chi connectivity index (χ2n) is 2.56. The van der Waals surface area contributed by atoms with Crippen molar-refractivity contribution in [2.45, 2.75) is 6.42 Å². The summed E-state index contributed by atoms with van der Waals surface area (Å²) in [4.78, 5) is 10.6. The van der Waals surface area contributed by atoms with Gasteiger partial charge < -0.3 is 10.1 Å². The molecule has 0 radical (unpaired) electrons. The molecular weight excluding hydrogens is 170 g/mol. The molecule has 0 aliphatic rings. The van der Waals surface area contributed by atoms with Crippen LogP contribution in [0, 0.1) is 0 Å². The van der Waals surface area contributed by atoms with E-state index in [2.05, 4.69) is 15.5 Å². The molecule has 0 saturated heterocycles. The van der Waals surface area contributed by atoms with Crippen LogP contribution in [0.5, 0.6) is 5.88 Å². The molecule has 1 aromatic rings. The zero-order valence-corrected chi connectivity index (χ0v) is 7.54. The third-order valence-corrected chi connectivity index (χ3v) is 1.47. The van der Waals surface area contributed by atoms with Gasteiger partial charge in [0.25, 0.3) is 5.56 Å². The van der Waals surface area contributed by atoms with Crippen LogP contribution in [0.15, 0.2) is 16.9 Å². The van der Waals surface area contributed by atoms with Gasteiger partial charge in [0.05, 0.1) is 6.61 Å². The van der Waals surface area contributed by atoms with Crippen LogP contribution in [0.1, 0.15) is 6.42 Å². The van der Waals surface area contributed by atoms with Crippen LogP contribution in [0.3, 0.4) is 0 Å². The molecule has 1 heterocycles. The van der Waals surface area contributed by atoms with Crippen LogP contribution < -0.4 is 15.6 Å². The van der Waals surface area contributed by atoms with Crippen molar-refractivity contribution >= 4 is 0 Å². The lowest BCUT2D eigenvalue weighted by Crippen LogP contribution is -2.13. The summed E-state index contributed by atoms with van der Waals surface area (Å²) in [7, 11) is 1.89. The normalized spacial score (nSPS) is 9.92. The molecule has 0 bridgehead atoms. The Kier molecular flexibility index (Phi) is 3.98. The number of aromatic nitrogens is 2. The molecule has 0 aliphatic carbocycles. The van der Waals surface area contributed by atoms with Gasteiger partial charge in [0.1, 0.15) is 0 Å². The molecule has 2 N–H and O–H groups in total. The van der Waals surface area contributed by atoms with E-state index in [9.17, 15) is 4.79 Å². The maximum Gasteiger partial charge on any atom is 0.264 e. The Bertz CT molecular complexity index is 277. The van der Waals surface area contributed by atoms with Gasteiger partial charge in [-0.1, -0.05) is 0 Å². The lowest BCUT2D eigenvalue weighted by atomic mass is 10.4. The molecule has 0 aliphatic heterocycles. The molecule has 13 heavy (non-hydrogen) atoms. The standard InChI is InChI=1S/C8H13N3O2/c1-9-5-2-6-13-8-4-3-7(12)10-11-8/h3-4,9H,2,5-6H2,1H3,(H,10,12). The largest absolute Gasteiger partial charge is 0.477 e. The van der Waals surface area contributed by atoms with E-state index in [1.165, 1.54) is 6.07 Å². The highest BCUT2D eigenvalue weighted by molar-refractivity contribution is 5.05. The van der Waals surface area contributed by atoms with Gasteiger partial charge in [-0.3, -0.25) is 4.79 Å². The predicted molar refractivity (Wildman–Crippen MR) is 48.9 cm³/mol. The molecule has 1 aromatic heterocycles. The number of hydrogen-bond donors (Lipinski definition) is 2. The molecule has 72 valence electrons. The van der Waals surface area contributed by atoms with Gasteiger partial charge in [-0.25, -0.2) is 5.10 Å². The smallest absolute Gasteiger partial charge is 0.264 e. The maximum atomic E-state index is 10.6. The second-order valence-corrected chi connectivity index (χ2v) is 2.56. The van der Waals surface area contributed by atoms with Crippen molar-refractivity contribution < 1.29 is 4.74 Å². The van der Waals surface area contributed by atoms with Gasteiger partial charge in [-0.15, -0.1) is 5.10 Å². The molecule has 5 nitrogen and oxygen atoms in total. The molecule has 0 saturated carbocycles. The van der Waals surface area contributed by atoms with Crippen LogP contribution in [-0.4, -0.2) is 30.4 Å². The Hall–Kier alpha value is -1.36. The van der Waals surface area contributed by atoms with Crippen molar-refractivity contribution in [1.82, 2.24) is 15.5 Å².